The van der Waals surface area contributed by atoms with Gasteiger partial charge in [-0.15, -0.1) is 0 Å². The largest absolute Gasteiger partial charge is 0.492 e. The van der Waals surface area contributed by atoms with Crippen molar-refractivity contribution in [3.05, 3.63) is 125 Å². The number of benzene rings is 4. The van der Waals surface area contributed by atoms with Crippen LogP contribution in [0.4, 0.5) is 5.69 Å². The Labute approximate surface area is 288 Å². The number of rotatable bonds is 14. The van der Waals surface area contributed by atoms with Crippen LogP contribution in [0.25, 0.3) is 0 Å². The zero-order valence-corrected chi connectivity index (χ0v) is 28.7. The molecule has 2 amide bonds. The highest BCUT2D eigenvalue weighted by molar-refractivity contribution is 7.92. The van der Waals surface area contributed by atoms with E-state index in [2.05, 4.69) is 5.32 Å². The summed E-state index contributed by atoms with van der Waals surface area (Å²) in [5.74, 6) is -0.463. The Kier molecular flexibility index (Phi) is 12.1. The maximum absolute atomic E-state index is 14.7. The van der Waals surface area contributed by atoms with E-state index in [1.807, 2.05) is 60.7 Å². The van der Waals surface area contributed by atoms with E-state index >= 15 is 0 Å². The van der Waals surface area contributed by atoms with Crippen LogP contribution in [0.3, 0.4) is 0 Å². The molecular formula is C38H42ClN3O5S. The summed E-state index contributed by atoms with van der Waals surface area (Å²) in [6.07, 6.45) is 5.25. The summed E-state index contributed by atoms with van der Waals surface area (Å²) in [5.41, 5.74) is 1.92. The van der Waals surface area contributed by atoms with Gasteiger partial charge in [-0.2, -0.15) is 0 Å². The smallest absolute Gasteiger partial charge is 0.264 e. The van der Waals surface area contributed by atoms with Crippen LogP contribution in [0.2, 0.25) is 5.02 Å². The highest BCUT2D eigenvalue weighted by Gasteiger charge is 2.36. The molecule has 5 rings (SSSR count). The fraction of sp³-hybridized carbons (Fsp3) is 0.316. The topological polar surface area (TPSA) is 96.0 Å². The van der Waals surface area contributed by atoms with Crippen molar-refractivity contribution in [3.8, 4) is 5.75 Å². The van der Waals surface area contributed by atoms with Crippen LogP contribution in [-0.4, -0.2) is 50.4 Å². The van der Waals surface area contributed by atoms with Crippen molar-refractivity contribution in [2.24, 2.45) is 0 Å². The first kappa shape index (κ1) is 35.0. The van der Waals surface area contributed by atoms with Gasteiger partial charge in [0.05, 0.1) is 17.2 Å². The minimum Gasteiger partial charge on any atom is -0.492 e. The normalized spacial score (nSPS) is 14.1. The Morgan fingerprint density at radius 2 is 1.44 bits per heavy atom. The number of hydrogen-bond acceptors (Lipinski definition) is 5. The molecule has 252 valence electrons. The minimum atomic E-state index is -4.29. The van der Waals surface area contributed by atoms with Gasteiger partial charge in [-0.1, -0.05) is 104 Å². The summed E-state index contributed by atoms with van der Waals surface area (Å²) in [6.45, 7) is 1.64. The zero-order chi connectivity index (χ0) is 33.9. The molecule has 1 aliphatic carbocycles. The molecule has 8 nitrogen and oxygen atoms in total. The van der Waals surface area contributed by atoms with Gasteiger partial charge >= 0.3 is 0 Å². The van der Waals surface area contributed by atoms with Crippen molar-refractivity contribution in [2.75, 3.05) is 17.5 Å². The number of halogens is 1. The summed E-state index contributed by atoms with van der Waals surface area (Å²) in [6, 6.07) is 30.7. The van der Waals surface area contributed by atoms with E-state index in [0.29, 0.717) is 17.4 Å². The maximum Gasteiger partial charge on any atom is 0.264 e. The Bertz CT molecular complexity index is 1750. The molecule has 48 heavy (non-hydrogen) atoms. The van der Waals surface area contributed by atoms with E-state index in [0.717, 1.165) is 47.5 Å². The highest BCUT2D eigenvalue weighted by Crippen LogP contribution is 2.33. The first-order valence-corrected chi connectivity index (χ1v) is 18.3. The van der Waals surface area contributed by atoms with Gasteiger partial charge in [0.1, 0.15) is 18.3 Å². The summed E-state index contributed by atoms with van der Waals surface area (Å²) in [7, 11) is -4.29. The van der Waals surface area contributed by atoms with E-state index in [-0.39, 0.29) is 35.5 Å². The van der Waals surface area contributed by atoms with Gasteiger partial charge in [-0.3, -0.25) is 13.9 Å². The van der Waals surface area contributed by atoms with Crippen LogP contribution in [0.15, 0.2) is 114 Å². The first-order chi connectivity index (χ1) is 23.3. The monoisotopic (exact) mass is 687 g/mol. The summed E-state index contributed by atoms with van der Waals surface area (Å²) < 4.78 is 35.6. The van der Waals surface area contributed by atoms with Crippen LogP contribution in [0.1, 0.15) is 50.2 Å². The van der Waals surface area contributed by atoms with Crippen LogP contribution < -0.4 is 14.4 Å². The Hall–Kier alpha value is -4.34. The number of nitrogens with zero attached hydrogens (tertiary/aromatic N) is 2. The fourth-order valence-electron chi connectivity index (χ4n) is 6.07. The van der Waals surface area contributed by atoms with E-state index in [9.17, 15) is 18.0 Å². The molecule has 1 saturated carbocycles. The molecule has 4 aromatic carbocycles. The van der Waals surface area contributed by atoms with Crippen LogP contribution in [-0.2, 0) is 32.6 Å². The quantitative estimate of drug-likeness (QED) is 0.154. The predicted octanol–water partition coefficient (Wildman–Crippen LogP) is 7.02. The van der Waals surface area contributed by atoms with Crippen LogP contribution >= 0.6 is 11.6 Å². The highest BCUT2D eigenvalue weighted by atomic mass is 35.5. The number of ether oxygens (including phenoxy) is 1. The van der Waals surface area contributed by atoms with Gasteiger partial charge in [0.15, 0.2) is 0 Å². The molecule has 0 bridgehead atoms. The lowest BCUT2D eigenvalue weighted by Gasteiger charge is -2.35. The SMILES string of the molecule is CCOc1ccccc1N(CC(=O)N(Cc1ccccc1)C(Cc1ccccc1)C(=O)NC1CCCCC1)S(=O)(=O)c1ccc(Cl)cc1. The van der Waals surface area contributed by atoms with Crippen LogP contribution in [0, 0.1) is 0 Å². The van der Waals surface area contributed by atoms with Crippen molar-refractivity contribution in [3.63, 3.8) is 0 Å². The van der Waals surface area contributed by atoms with Crippen molar-refractivity contribution >= 4 is 39.1 Å². The third-order valence-corrected chi connectivity index (χ3v) is 10.6. The first-order valence-electron chi connectivity index (χ1n) is 16.4. The standard InChI is InChI=1S/C38H42ClN3O5S/c1-2-47-36-21-13-12-20-34(36)42(48(45,46)33-24-22-31(39)23-25-33)28-37(43)41(27-30-16-8-4-9-17-30)35(26-29-14-6-3-7-15-29)38(44)40-32-18-10-5-11-19-32/h3-4,6-9,12-17,20-25,32,35H,2,5,10-11,18-19,26-28H2,1H3,(H,40,44). The molecule has 0 heterocycles. The van der Waals surface area contributed by atoms with E-state index in [1.54, 1.807) is 31.2 Å². The second kappa shape index (κ2) is 16.7. The number of anilines is 1. The molecule has 1 atom stereocenters. The number of carbonyl (C=O) groups is 2. The number of nitrogens with one attached hydrogen (secondary N) is 1. The summed E-state index contributed by atoms with van der Waals surface area (Å²) in [5, 5.41) is 3.62. The third kappa shape index (κ3) is 8.96. The fourth-order valence-corrected chi connectivity index (χ4v) is 7.62. The predicted molar refractivity (Wildman–Crippen MR) is 190 cm³/mol. The number of carbonyl (C=O) groups excluding carboxylic acids is 2. The van der Waals surface area contributed by atoms with E-state index in [1.165, 1.54) is 29.2 Å². The van der Waals surface area contributed by atoms with Crippen LogP contribution in [0.5, 0.6) is 5.75 Å². The molecule has 1 fully saturated rings. The lowest BCUT2D eigenvalue weighted by atomic mass is 9.94. The average molecular weight is 688 g/mol. The van der Waals surface area contributed by atoms with Gasteiger partial charge in [-0.05, 0) is 67.3 Å². The molecule has 4 aromatic rings. The zero-order valence-electron chi connectivity index (χ0n) is 27.1. The average Bonchev–Trinajstić information content (AvgIpc) is 3.10. The Balaban J connectivity index is 1.58. The number of amides is 2. The lowest BCUT2D eigenvalue weighted by Crippen LogP contribution is -2.55. The van der Waals surface area contributed by atoms with E-state index in [4.69, 9.17) is 16.3 Å². The second-order valence-corrected chi connectivity index (χ2v) is 14.2. The molecule has 10 heteroatoms. The molecular weight excluding hydrogens is 646 g/mol. The molecule has 0 radical (unpaired) electrons. The van der Waals surface area contributed by atoms with Crippen molar-refractivity contribution < 1.29 is 22.7 Å². The van der Waals surface area contributed by atoms with Gasteiger partial charge in [0, 0.05) is 24.0 Å². The molecule has 0 saturated heterocycles. The summed E-state index contributed by atoms with van der Waals surface area (Å²) >= 11 is 6.10. The summed E-state index contributed by atoms with van der Waals surface area (Å²) in [4.78, 5) is 30.5. The molecule has 1 unspecified atom stereocenters. The minimum absolute atomic E-state index is 0.0260. The molecule has 0 spiro atoms. The molecule has 0 aliphatic heterocycles. The lowest BCUT2D eigenvalue weighted by molar-refractivity contribution is -0.140. The van der Waals surface area contributed by atoms with Crippen molar-refractivity contribution in [1.29, 1.82) is 0 Å². The number of para-hydroxylation sites is 2. The number of sulfonamides is 1. The van der Waals surface area contributed by atoms with E-state index < -0.39 is 28.5 Å². The van der Waals surface area contributed by atoms with Gasteiger partial charge in [0.25, 0.3) is 10.0 Å². The molecule has 1 N–H and O–H groups in total. The maximum atomic E-state index is 14.7. The second-order valence-electron chi connectivity index (χ2n) is 11.9. The third-order valence-electron chi connectivity index (χ3n) is 8.53. The molecule has 0 aromatic heterocycles. The molecule has 1 aliphatic rings. The number of hydrogen-bond donors (Lipinski definition) is 1. The Morgan fingerprint density at radius 3 is 2.08 bits per heavy atom. The van der Waals surface area contributed by atoms with Gasteiger partial charge in [0.2, 0.25) is 11.8 Å². The van der Waals surface area contributed by atoms with Crippen molar-refractivity contribution in [2.45, 2.75) is 69.0 Å². The van der Waals surface area contributed by atoms with Gasteiger partial charge < -0.3 is 15.0 Å². The van der Waals surface area contributed by atoms with Gasteiger partial charge in [-0.25, -0.2) is 8.42 Å². The Morgan fingerprint density at radius 1 is 0.833 bits per heavy atom. The van der Waals surface area contributed by atoms with Crippen molar-refractivity contribution in [1.82, 2.24) is 10.2 Å².